The van der Waals surface area contributed by atoms with Crippen molar-refractivity contribution in [3.63, 3.8) is 0 Å². The Morgan fingerprint density at radius 1 is 1.00 bits per heavy atom. The van der Waals surface area contributed by atoms with Crippen molar-refractivity contribution in [3.05, 3.63) is 90.1 Å². The SMILES string of the molecule is CNc1ccc(-c2ncc(-c3ccc(CNC(=O)c4ccccc4)cc3SNC(C)(C)C)s2)cc1. The van der Waals surface area contributed by atoms with E-state index < -0.39 is 0 Å². The predicted molar refractivity (Wildman–Crippen MR) is 149 cm³/mol. The Morgan fingerprint density at radius 2 is 1.74 bits per heavy atom. The summed E-state index contributed by atoms with van der Waals surface area (Å²) in [5.74, 6) is -0.0758. The fourth-order valence-corrected chi connectivity index (χ4v) is 5.30. The summed E-state index contributed by atoms with van der Waals surface area (Å²) in [6, 6.07) is 23.9. The molecule has 180 valence electrons. The minimum Gasteiger partial charge on any atom is -0.388 e. The number of anilines is 1. The average Bonchev–Trinajstić information content (AvgIpc) is 3.36. The first-order valence-electron chi connectivity index (χ1n) is 11.5. The molecule has 0 aliphatic rings. The third-order valence-electron chi connectivity index (χ3n) is 5.19. The summed E-state index contributed by atoms with van der Waals surface area (Å²) < 4.78 is 3.52. The molecular weight excluding hydrogens is 472 g/mol. The van der Waals surface area contributed by atoms with Crippen LogP contribution in [0.5, 0.6) is 0 Å². The van der Waals surface area contributed by atoms with Crippen molar-refractivity contribution in [2.45, 2.75) is 37.8 Å². The molecule has 0 radical (unpaired) electrons. The monoisotopic (exact) mass is 502 g/mol. The van der Waals surface area contributed by atoms with E-state index in [1.807, 2.05) is 43.6 Å². The number of hydrogen-bond donors (Lipinski definition) is 3. The lowest BCUT2D eigenvalue weighted by atomic mass is 10.1. The van der Waals surface area contributed by atoms with E-state index in [-0.39, 0.29) is 11.4 Å². The van der Waals surface area contributed by atoms with Crippen LogP contribution in [-0.2, 0) is 6.54 Å². The van der Waals surface area contributed by atoms with Crippen molar-refractivity contribution in [1.82, 2.24) is 15.0 Å². The first-order valence-corrected chi connectivity index (χ1v) is 13.1. The number of thiazole rings is 1. The summed E-state index contributed by atoms with van der Waals surface area (Å²) in [4.78, 5) is 19.4. The number of amides is 1. The Hall–Kier alpha value is -3.13. The average molecular weight is 503 g/mol. The number of carbonyl (C=O) groups is 1. The highest BCUT2D eigenvalue weighted by molar-refractivity contribution is 7.97. The van der Waals surface area contributed by atoms with Gasteiger partial charge in [-0.05, 0) is 80.7 Å². The van der Waals surface area contributed by atoms with Gasteiger partial charge in [-0.15, -0.1) is 11.3 Å². The minimum absolute atomic E-state index is 0.0482. The lowest BCUT2D eigenvalue weighted by molar-refractivity contribution is 0.0951. The molecular formula is C28H30N4OS2. The lowest BCUT2D eigenvalue weighted by Gasteiger charge is -2.21. The van der Waals surface area contributed by atoms with Crippen molar-refractivity contribution in [2.75, 3.05) is 12.4 Å². The van der Waals surface area contributed by atoms with E-state index in [1.165, 1.54) is 0 Å². The second-order valence-corrected chi connectivity index (χ2v) is 11.1. The smallest absolute Gasteiger partial charge is 0.251 e. The molecule has 0 unspecified atom stereocenters. The van der Waals surface area contributed by atoms with Crippen LogP contribution in [0.2, 0.25) is 0 Å². The van der Waals surface area contributed by atoms with Gasteiger partial charge in [-0.25, -0.2) is 4.98 Å². The maximum Gasteiger partial charge on any atom is 0.251 e. The quantitative estimate of drug-likeness (QED) is 0.230. The standard InChI is InChI=1S/C28H30N4OS2/c1-28(2,3)32-35-24-16-19(17-30-26(33)20-8-6-5-7-9-20)10-15-23(24)25-18-31-27(34-25)21-11-13-22(29-4)14-12-21/h5-16,18,29,32H,17H2,1-4H3,(H,30,33). The van der Waals surface area contributed by atoms with Gasteiger partial charge in [0.05, 0.1) is 4.88 Å². The second kappa shape index (κ2) is 11.1. The van der Waals surface area contributed by atoms with E-state index in [1.54, 1.807) is 23.3 Å². The van der Waals surface area contributed by atoms with E-state index >= 15 is 0 Å². The predicted octanol–water partition coefficient (Wildman–Crippen LogP) is 6.84. The fourth-order valence-electron chi connectivity index (χ4n) is 3.36. The molecule has 3 aromatic carbocycles. The molecule has 1 heterocycles. The summed E-state index contributed by atoms with van der Waals surface area (Å²) in [5, 5.41) is 7.16. The Kier molecular flexibility index (Phi) is 7.90. The Balaban J connectivity index is 1.57. The summed E-state index contributed by atoms with van der Waals surface area (Å²) in [7, 11) is 1.91. The van der Waals surface area contributed by atoms with E-state index in [0.717, 1.165) is 37.2 Å². The Bertz CT molecular complexity index is 1280. The van der Waals surface area contributed by atoms with E-state index in [2.05, 4.69) is 78.6 Å². The number of hydrogen-bond acceptors (Lipinski definition) is 6. The largest absolute Gasteiger partial charge is 0.388 e. The number of rotatable bonds is 8. The minimum atomic E-state index is -0.0758. The summed E-state index contributed by atoms with van der Waals surface area (Å²) >= 11 is 3.29. The molecule has 3 N–H and O–H groups in total. The normalized spacial score (nSPS) is 11.3. The molecule has 1 aromatic heterocycles. The summed E-state index contributed by atoms with van der Waals surface area (Å²) in [6.07, 6.45) is 1.94. The molecule has 0 saturated heterocycles. The zero-order valence-electron chi connectivity index (χ0n) is 20.4. The van der Waals surface area contributed by atoms with Gasteiger partial charge in [0.1, 0.15) is 5.01 Å². The first-order chi connectivity index (χ1) is 16.8. The number of aromatic nitrogens is 1. The molecule has 4 aromatic rings. The topological polar surface area (TPSA) is 66.0 Å². The maximum atomic E-state index is 12.5. The Labute approximate surface area is 215 Å². The van der Waals surface area contributed by atoms with E-state index in [4.69, 9.17) is 4.98 Å². The highest BCUT2D eigenvalue weighted by atomic mass is 32.2. The van der Waals surface area contributed by atoms with Gasteiger partial charge in [0.25, 0.3) is 5.91 Å². The van der Waals surface area contributed by atoms with Crippen LogP contribution in [0.1, 0.15) is 36.7 Å². The van der Waals surface area contributed by atoms with Crippen LogP contribution in [0.25, 0.3) is 21.0 Å². The molecule has 0 saturated carbocycles. The van der Waals surface area contributed by atoms with Gasteiger partial charge < -0.3 is 10.6 Å². The number of nitrogens with one attached hydrogen (secondary N) is 3. The molecule has 0 fully saturated rings. The zero-order chi connectivity index (χ0) is 24.8. The van der Waals surface area contributed by atoms with Crippen molar-refractivity contribution >= 4 is 34.9 Å². The highest BCUT2D eigenvalue weighted by Crippen LogP contribution is 2.38. The van der Waals surface area contributed by atoms with Crippen molar-refractivity contribution in [2.24, 2.45) is 0 Å². The van der Waals surface area contributed by atoms with Gasteiger partial charge in [-0.3, -0.25) is 9.52 Å². The van der Waals surface area contributed by atoms with Crippen molar-refractivity contribution in [3.8, 4) is 21.0 Å². The van der Waals surface area contributed by atoms with Crippen LogP contribution in [0.4, 0.5) is 5.69 Å². The molecule has 7 heteroatoms. The second-order valence-electron chi connectivity index (χ2n) is 9.19. The Morgan fingerprint density at radius 3 is 2.43 bits per heavy atom. The molecule has 0 aliphatic carbocycles. The first kappa shape index (κ1) is 25.0. The number of benzene rings is 3. The van der Waals surface area contributed by atoms with Gasteiger partial charge in [-0.2, -0.15) is 0 Å². The van der Waals surface area contributed by atoms with Crippen LogP contribution >= 0.6 is 23.3 Å². The lowest BCUT2D eigenvalue weighted by Crippen LogP contribution is -2.29. The van der Waals surface area contributed by atoms with Gasteiger partial charge in [0, 0.05) is 52.6 Å². The number of carbonyl (C=O) groups excluding carboxylic acids is 1. The summed E-state index contributed by atoms with van der Waals surface area (Å²) in [6.45, 7) is 6.89. The highest BCUT2D eigenvalue weighted by Gasteiger charge is 2.16. The molecule has 5 nitrogen and oxygen atoms in total. The molecule has 0 bridgehead atoms. The van der Waals surface area contributed by atoms with Gasteiger partial charge >= 0.3 is 0 Å². The molecule has 4 rings (SSSR count). The molecule has 35 heavy (non-hydrogen) atoms. The molecule has 1 amide bonds. The maximum absolute atomic E-state index is 12.5. The van der Waals surface area contributed by atoms with Gasteiger partial charge in [-0.1, -0.05) is 30.3 Å². The van der Waals surface area contributed by atoms with E-state index in [9.17, 15) is 4.79 Å². The van der Waals surface area contributed by atoms with Crippen LogP contribution < -0.4 is 15.4 Å². The zero-order valence-corrected chi connectivity index (χ0v) is 22.0. The van der Waals surface area contributed by atoms with Crippen LogP contribution in [-0.4, -0.2) is 23.5 Å². The molecule has 0 spiro atoms. The number of nitrogens with zero attached hydrogens (tertiary/aromatic N) is 1. The van der Waals surface area contributed by atoms with Crippen molar-refractivity contribution < 1.29 is 4.79 Å². The van der Waals surface area contributed by atoms with Crippen LogP contribution in [0.3, 0.4) is 0 Å². The third-order valence-corrected chi connectivity index (χ3v) is 7.55. The third kappa shape index (κ3) is 6.72. The van der Waals surface area contributed by atoms with Crippen LogP contribution in [0.15, 0.2) is 83.9 Å². The molecule has 0 aliphatic heterocycles. The fraction of sp³-hybridized carbons (Fsp3) is 0.214. The van der Waals surface area contributed by atoms with Gasteiger partial charge in [0.2, 0.25) is 0 Å². The van der Waals surface area contributed by atoms with Crippen LogP contribution in [0, 0.1) is 0 Å². The van der Waals surface area contributed by atoms with Gasteiger partial charge in [0.15, 0.2) is 0 Å². The van der Waals surface area contributed by atoms with Crippen molar-refractivity contribution in [1.29, 1.82) is 0 Å². The summed E-state index contributed by atoms with van der Waals surface area (Å²) in [5.41, 5.74) is 4.96. The van der Waals surface area contributed by atoms with E-state index in [0.29, 0.717) is 12.1 Å². The molecule has 0 atom stereocenters.